The lowest BCUT2D eigenvalue weighted by molar-refractivity contribution is -0.332. The second-order valence-corrected chi connectivity index (χ2v) is 7.16. The zero-order valence-electron chi connectivity index (χ0n) is 11.6. The highest BCUT2D eigenvalue weighted by molar-refractivity contribution is 5.22. The first-order chi connectivity index (χ1) is 6.80. The van der Waals surface area contributed by atoms with Gasteiger partial charge in [0.2, 0.25) is 0 Å². The molecule has 0 aliphatic heterocycles. The van der Waals surface area contributed by atoms with Crippen LogP contribution in [0.4, 0.5) is 0 Å². The Labute approximate surface area is 95.8 Å². The third kappa shape index (κ3) is 0.996. The maximum atomic E-state index is 2.55. The van der Waals surface area contributed by atoms with Crippen LogP contribution in [0.3, 0.4) is 0 Å². The van der Waals surface area contributed by atoms with Crippen LogP contribution < -0.4 is 0 Å². The molecule has 2 rings (SSSR count). The van der Waals surface area contributed by atoms with Crippen molar-refractivity contribution in [3.05, 3.63) is 0 Å². The Morgan fingerprint density at radius 2 is 1.67 bits per heavy atom. The highest BCUT2D eigenvalue weighted by atomic mass is 14.8. The Morgan fingerprint density at radius 1 is 1.13 bits per heavy atom. The lowest BCUT2D eigenvalue weighted by Gasteiger charge is -2.80. The molecular weight excluding hydrogens is 180 g/mol. The lowest BCUT2D eigenvalue weighted by Crippen LogP contribution is -2.76. The quantitative estimate of drug-likeness (QED) is 0.622. The number of hydrogen-bond acceptors (Lipinski definition) is 0. The molecule has 2 fully saturated rings. The van der Waals surface area contributed by atoms with E-state index < -0.39 is 0 Å². The molecule has 0 heterocycles. The maximum Gasteiger partial charge on any atom is -0.0209 e. The molecule has 0 nitrogen and oxygen atoms in total. The van der Waals surface area contributed by atoms with Gasteiger partial charge in [0, 0.05) is 0 Å². The van der Waals surface area contributed by atoms with Gasteiger partial charge in [-0.25, -0.2) is 0 Å². The van der Waals surface area contributed by atoms with Crippen LogP contribution in [0, 0.1) is 40.4 Å². The Morgan fingerprint density at radius 3 is 2.07 bits per heavy atom. The minimum absolute atomic E-state index is 0.566. The van der Waals surface area contributed by atoms with E-state index in [0.717, 1.165) is 29.6 Å². The van der Waals surface area contributed by atoms with E-state index in [4.69, 9.17) is 0 Å². The Bertz CT molecular complexity index is 263. The van der Waals surface area contributed by atoms with E-state index >= 15 is 0 Å². The lowest BCUT2D eigenvalue weighted by atomic mass is 9.24. The summed E-state index contributed by atoms with van der Waals surface area (Å²) in [5, 5.41) is 0. The van der Waals surface area contributed by atoms with Gasteiger partial charge in [0.15, 0.2) is 0 Å². The summed E-state index contributed by atoms with van der Waals surface area (Å²) in [6, 6.07) is 0. The van der Waals surface area contributed by atoms with Crippen LogP contribution in [0.5, 0.6) is 0 Å². The first kappa shape index (κ1) is 11.5. The van der Waals surface area contributed by atoms with Gasteiger partial charge in [-0.15, -0.1) is 0 Å². The van der Waals surface area contributed by atoms with Crippen molar-refractivity contribution in [1.82, 2.24) is 0 Å². The SMILES string of the molecule is CCC1C(C)C2(C)C1C(C(C)C)C2(C)C. The summed E-state index contributed by atoms with van der Waals surface area (Å²) in [5.74, 6) is 4.80. The molecule has 0 aromatic carbocycles. The van der Waals surface area contributed by atoms with E-state index in [1.165, 1.54) is 6.42 Å². The van der Waals surface area contributed by atoms with Gasteiger partial charge < -0.3 is 0 Å². The fraction of sp³-hybridized carbons (Fsp3) is 1.00. The monoisotopic (exact) mass is 208 g/mol. The summed E-state index contributed by atoms with van der Waals surface area (Å²) >= 11 is 0. The maximum absolute atomic E-state index is 2.55. The van der Waals surface area contributed by atoms with Crippen LogP contribution >= 0.6 is 0 Å². The van der Waals surface area contributed by atoms with Crippen molar-refractivity contribution in [2.24, 2.45) is 40.4 Å². The molecule has 0 N–H and O–H groups in total. The van der Waals surface area contributed by atoms with Crippen molar-refractivity contribution in [1.29, 1.82) is 0 Å². The summed E-state index contributed by atoms with van der Waals surface area (Å²) in [5.41, 5.74) is 1.21. The molecule has 0 aromatic rings. The van der Waals surface area contributed by atoms with E-state index in [0.29, 0.717) is 10.8 Å². The number of fused-ring (bicyclic) bond motifs is 1. The van der Waals surface area contributed by atoms with Crippen LogP contribution in [0.1, 0.15) is 54.9 Å². The molecule has 0 saturated heterocycles. The average Bonchev–Trinajstić information content (AvgIpc) is 2.15. The smallest absolute Gasteiger partial charge is 0.0209 e. The van der Waals surface area contributed by atoms with E-state index in [1.54, 1.807) is 0 Å². The predicted molar refractivity (Wildman–Crippen MR) is 66.7 cm³/mol. The molecule has 0 bridgehead atoms. The van der Waals surface area contributed by atoms with Crippen LogP contribution in [-0.4, -0.2) is 0 Å². The van der Waals surface area contributed by atoms with E-state index in [2.05, 4.69) is 48.5 Å². The van der Waals surface area contributed by atoms with Crippen LogP contribution in [0.2, 0.25) is 0 Å². The summed E-state index contributed by atoms with van der Waals surface area (Å²) in [6.07, 6.45) is 1.39. The zero-order valence-corrected chi connectivity index (χ0v) is 11.6. The van der Waals surface area contributed by atoms with Gasteiger partial charge in [-0.05, 0) is 40.4 Å². The van der Waals surface area contributed by atoms with E-state index in [1.807, 2.05) is 0 Å². The molecule has 2 aliphatic carbocycles. The Hall–Kier alpha value is 0. The zero-order chi connectivity index (χ0) is 11.6. The third-order valence-corrected chi connectivity index (χ3v) is 6.54. The van der Waals surface area contributed by atoms with Gasteiger partial charge in [0.05, 0.1) is 0 Å². The van der Waals surface area contributed by atoms with Crippen molar-refractivity contribution < 1.29 is 0 Å². The largest absolute Gasteiger partial charge is 0.0651 e. The minimum atomic E-state index is 0.566. The predicted octanol–water partition coefficient (Wildman–Crippen LogP) is 4.60. The molecule has 88 valence electrons. The fourth-order valence-corrected chi connectivity index (χ4v) is 5.61. The second kappa shape index (κ2) is 3.02. The highest BCUT2D eigenvalue weighted by Crippen LogP contribution is 2.80. The van der Waals surface area contributed by atoms with E-state index in [9.17, 15) is 0 Å². The molecule has 0 radical (unpaired) electrons. The fourth-order valence-electron chi connectivity index (χ4n) is 5.61. The van der Waals surface area contributed by atoms with Gasteiger partial charge in [-0.1, -0.05) is 54.9 Å². The molecule has 2 aliphatic rings. The molecule has 5 unspecified atom stereocenters. The van der Waals surface area contributed by atoms with Gasteiger partial charge in [0.25, 0.3) is 0 Å². The third-order valence-electron chi connectivity index (χ3n) is 6.54. The molecule has 0 aromatic heterocycles. The van der Waals surface area contributed by atoms with Crippen LogP contribution in [-0.2, 0) is 0 Å². The Balaban J connectivity index is 2.27. The first-order valence-electron chi connectivity index (χ1n) is 6.80. The molecular formula is C15H28. The summed E-state index contributed by atoms with van der Waals surface area (Å²) < 4.78 is 0. The summed E-state index contributed by atoms with van der Waals surface area (Å²) in [6.45, 7) is 17.3. The molecule has 2 saturated carbocycles. The second-order valence-electron chi connectivity index (χ2n) is 7.16. The van der Waals surface area contributed by atoms with Gasteiger partial charge in [-0.2, -0.15) is 0 Å². The summed E-state index contributed by atoms with van der Waals surface area (Å²) in [4.78, 5) is 0. The van der Waals surface area contributed by atoms with Crippen molar-refractivity contribution >= 4 is 0 Å². The normalized spacial score (nSPS) is 52.0. The molecule has 15 heavy (non-hydrogen) atoms. The molecule has 0 amide bonds. The van der Waals surface area contributed by atoms with Gasteiger partial charge in [-0.3, -0.25) is 0 Å². The van der Waals surface area contributed by atoms with E-state index in [-0.39, 0.29) is 0 Å². The van der Waals surface area contributed by atoms with Crippen molar-refractivity contribution in [2.45, 2.75) is 54.9 Å². The van der Waals surface area contributed by atoms with Crippen molar-refractivity contribution in [3.63, 3.8) is 0 Å². The topological polar surface area (TPSA) is 0 Å². The van der Waals surface area contributed by atoms with Crippen LogP contribution in [0.25, 0.3) is 0 Å². The highest BCUT2D eigenvalue weighted by Gasteiger charge is 2.75. The van der Waals surface area contributed by atoms with Crippen LogP contribution in [0.15, 0.2) is 0 Å². The summed E-state index contributed by atoms with van der Waals surface area (Å²) in [7, 11) is 0. The van der Waals surface area contributed by atoms with Gasteiger partial charge >= 0.3 is 0 Å². The van der Waals surface area contributed by atoms with Crippen molar-refractivity contribution in [3.8, 4) is 0 Å². The van der Waals surface area contributed by atoms with Gasteiger partial charge in [0.1, 0.15) is 0 Å². The Kier molecular flexibility index (Phi) is 2.31. The standard InChI is InChI=1S/C15H28/c1-8-11-10(4)15(7)13(11)12(9(2)3)14(15,5)6/h9-13H,8H2,1-7H3. The number of hydrogen-bond donors (Lipinski definition) is 0. The molecule has 0 spiro atoms. The average molecular weight is 208 g/mol. The first-order valence-corrected chi connectivity index (χ1v) is 6.80. The molecule has 0 heteroatoms. The number of rotatable bonds is 2. The van der Waals surface area contributed by atoms with Crippen molar-refractivity contribution in [2.75, 3.05) is 0 Å². The molecule has 5 atom stereocenters. The minimum Gasteiger partial charge on any atom is -0.0651 e.